The van der Waals surface area contributed by atoms with Gasteiger partial charge in [-0.05, 0) is 32.3 Å². The summed E-state index contributed by atoms with van der Waals surface area (Å²) in [6.07, 6.45) is 9.13. The molecule has 9 nitrogen and oxygen atoms in total. The molecule has 0 atom stereocenters. The number of rotatable bonds is 9. The Bertz CT molecular complexity index is 1550. The minimum Gasteiger partial charge on any atom is -0.474 e. The first-order chi connectivity index (χ1) is 18.1. The number of nitrogens with zero attached hydrogens (tertiary/aromatic N) is 8. The number of aromatic nitrogens is 8. The maximum Gasteiger partial charge on any atom is 0.228 e. The lowest BCUT2D eigenvalue weighted by Crippen LogP contribution is -2.07. The van der Waals surface area contributed by atoms with Crippen molar-refractivity contribution in [3.8, 4) is 28.7 Å². The van der Waals surface area contributed by atoms with Gasteiger partial charge in [0.25, 0.3) is 0 Å². The Hall–Kier alpha value is -4.21. The van der Waals surface area contributed by atoms with Crippen molar-refractivity contribution in [3.05, 3.63) is 66.1 Å². The van der Waals surface area contributed by atoms with Crippen LogP contribution in [0.3, 0.4) is 0 Å². The fourth-order valence-electron chi connectivity index (χ4n) is 4.56. The SMILES string of the molecule is CCn1cc(C)nc1-c1ccc(Cn2ncc3cnc(-c4c(OCCF)ncnc4C4CC4)nc32)cc1. The summed E-state index contributed by atoms with van der Waals surface area (Å²) in [5, 5.41) is 5.39. The lowest BCUT2D eigenvalue weighted by molar-refractivity contribution is 0.264. The van der Waals surface area contributed by atoms with E-state index in [0.717, 1.165) is 53.1 Å². The largest absolute Gasteiger partial charge is 0.474 e. The molecule has 0 aliphatic heterocycles. The number of hydrogen-bond donors (Lipinski definition) is 0. The van der Waals surface area contributed by atoms with E-state index in [0.29, 0.717) is 35.4 Å². The van der Waals surface area contributed by atoms with Crippen LogP contribution in [0.25, 0.3) is 33.8 Å². The van der Waals surface area contributed by atoms with Gasteiger partial charge in [0.2, 0.25) is 5.88 Å². The summed E-state index contributed by atoms with van der Waals surface area (Å²) in [7, 11) is 0. The van der Waals surface area contributed by atoms with Crippen LogP contribution in [0.2, 0.25) is 0 Å². The molecule has 1 saturated carbocycles. The summed E-state index contributed by atoms with van der Waals surface area (Å²) in [5.74, 6) is 2.07. The molecule has 0 N–H and O–H groups in total. The summed E-state index contributed by atoms with van der Waals surface area (Å²) in [6, 6.07) is 8.36. The van der Waals surface area contributed by atoms with Gasteiger partial charge < -0.3 is 9.30 Å². The first-order valence-corrected chi connectivity index (χ1v) is 12.5. The molecule has 5 aromatic rings. The zero-order valence-electron chi connectivity index (χ0n) is 20.8. The van der Waals surface area contributed by atoms with Crippen molar-refractivity contribution in [2.45, 2.75) is 45.7 Å². The van der Waals surface area contributed by atoms with Crippen LogP contribution in [0.1, 0.15) is 42.6 Å². The molecule has 1 fully saturated rings. The predicted octanol–water partition coefficient (Wildman–Crippen LogP) is 4.75. The Morgan fingerprint density at radius 1 is 1.05 bits per heavy atom. The number of benzene rings is 1. The van der Waals surface area contributed by atoms with E-state index in [2.05, 4.69) is 67.0 Å². The van der Waals surface area contributed by atoms with Gasteiger partial charge in [-0.3, -0.25) is 0 Å². The fraction of sp³-hybridized carbons (Fsp3) is 0.333. The minimum atomic E-state index is -0.604. The van der Waals surface area contributed by atoms with Crippen molar-refractivity contribution in [1.29, 1.82) is 0 Å². The third-order valence-corrected chi connectivity index (χ3v) is 6.50. The summed E-state index contributed by atoms with van der Waals surface area (Å²) < 4.78 is 22.5. The Kier molecular flexibility index (Phi) is 6.07. The van der Waals surface area contributed by atoms with Crippen LogP contribution < -0.4 is 4.74 Å². The molecule has 1 aromatic carbocycles. The zero-order chi connectivity index (χ0) is 25.4. The highest BCUT2D eigenvalue weighted by Gasteiger charge is 2.31. The number of alkyl halides is 1. The van der Waals surface area contributed by atoms with Gasteiger partial charge >= 0.3 is 0 Å². The highest BCUT2D eigenvalue weighted by molar-refractivity contribution is 5.77. The molecule has 4 heterocycles. The van der Waals surface area contributed by atoms with Crippen LogP contribution in [-0.2, 0) is 13.1 Å². The van der Waals surface area contributed by atoms with Crippen molar-refractivity contribution in [2.24, 2.45) is 0 Å². The molecule has 4 aromatic heterocycles. The highest BCUT2D eigenvalue weighted by atomic mass is 19.1. The van der Waals surface area contributed by atoms with E-state index in [9.17, 15) is 4.39 Å². The average molecular weight is 499 g/mol. The van der Waals surface area contributed by atoms with Crippen LogP contribution in [0.5, 0.6) is 5.88 Å². The Morgan fingerprint density at radius 3 is 2.65 bits per heavy atom. The fourth-order valence-corrected chi connectivity index (χ4v) is 4.56. The topological polar surface area (TPSA) is 96.4 Å². The van der Waals surface area contributed by atoms with E-state index in [1.165, 1.54) is 6.33 Å². The number of fused-ring (bicyclic) bond motifs is 1. The standard InChI is InChI=1S/C27H27FN8O/c1-3-35-14-17(2)33-25(35)20-6-4-18(5-7-20)15-36-26-21(13-32-36)12-29-24(34-26)22-23(19-8-9-19)30-16-31-27(22)37-11-10-28/h4-7,12-14,16,19H,3,8-11,15H2,1-2H3. The molecule has 6 rings (SSSR count). The smallest absolute Gasteiger partial charge is 0.228 e. The molecule has 0 saturated heterocycles. The lowest BCUT2D eigenvalue weighted by Gasteiger charge is -2.12. The van der Waals surface area contributed by atoms with Gasteiger partial charge in [-0.25, -0.2) is 34.0 Å². The normalized spacial score (nSPS) is 13.4. The first-order valence-electron chi connectivity index (χ1n) is 12.5. The molecule has 0 radical (unpaired) electrons. The van der Waals surface area contributed by atoms with E-state index in [1.807, 2.05) is 11.6 Å². The quantitative estimate of drug-likeness (QED) is 0.289. The molecule has 0 bridgehead atoms. The van der Waals surface area contributed by atoms with Crippen molar-refractivity contribution in [1.82, 2.24) is 39.3 Å². The monoisotopic (exact) mass is 498 g/mol. The van der Waals surface area contributed by atoms with Gasteiger partial charge in [0, 0.05) is 30.4 Å². The molecule has 0 spiro atoms. The van der Waals surface area contributed by atoms with Gasteiger partial charge in [0.05, 0.1) is 29.5 Å². The number of hydrogen-bond acceptors (Lipinski definition) is 7. The number of halogens is 1. The van der Waals surface area contributed by atoms with E-state index in [-0.39, 0.29) is 6.61 Å². The van der Waals surface area contributed by atoms with E-state index in [4.69, 9.17) is 9.72 Å². The molecule has 0 unspecified atom stereocenters. The van der Waals surface area contributed by atoms with Crippen molar-refractivity contribution >= 4 is 11.0 Å². The third-order valence-electron chi connectivity index (χ3n) is 6.50. The second-order valence-electron chi connectivity index (χ2n) is 9.21. The third kappa shape index (κ3) is 4.54. The van der Waals surface area contributed by atoms with Crippen LogP contribution in [0.4, 0.5) is 4.39 Å². The Morgan fingerprint density at radius 2 is 1.89 bits per heavy atom. The van der Waals surface area contributed by atoms with Crippen LogP contribution >= 0.6 is 0 Å². The second kappa shape index (κ2) is 9.68. The molecule has 10 heteroatoms. The molecular formula is C27H27FN8O. The average Bonchev–Trinajstić information content (AvgIpc) is 3.60. The van der Waals surface area contributed by atoms with Gasteiger partial charge in [-0.15, -0.1) is 0 Å². The van der Waals surface area contributed by atoms with E-state index in [1.54, 1.807) is 12.4 Å². The maximum absolute atomic E-state index is 12.9. The molecule has 37 heavy (non-hydrogen) atoms. The zero-order valence-corrected chi connectivity index (χ0v) is 20.8. The second-order valence-corrected chi connectivity index (χ2v) is 9.21. The number of ether oxygens (including phenoxy) is 1. The van der Waals surface area contributed by atoms with Crippen LogP contribution in [0, 0.1) is 6.92 Å². The molecule has 0 amide bonds. The molecule has 1 aliphatic carbocycles. The van der Waals surface area contributed by atoms with Gasteiger partial charge in [-0.2, -0.15) is 5.10 Å². The Balaban J connectivity index is 1.33. The first kappa shape index (κ1) is 23.2. The Labute approximate surface area is 213 Å². The highest BCUT2D eigenvalue weighted by Crippen LogP contribution is 2.45. The van der Waals surface area contributed by atoms with E-state index >= 15 is 0 Å². The summed E-state index contributed by atoms with van der Waals surface area (Å²) in [4.78, 5) is 22.9. The van der Waals surface area contributed by atoms with Gasteiger partial charge in [0.1, 0.15) is 31.0 Å². The predicted molar refractivity (Wildman–Crippen MR) is 137 cm³/mol. The summed E-state index contributed by atoms with van der Waals surface area (Å²) in [6.45, 7) is 4.86. The number of imidazole rings is 1. The van der Waals surface area contributed by atoms with Crippen molar-refractivity contribution < 1.29 is 9.13 Å². The van der Waals surface area contributed by atoms with Crippen LogP contribution in [0.15, 0.2) is 49.2 Å². The van der Waals surface area contributed by atoms with E-state index < -0.39 is 6.67 Å². The summed E-state index contributed by atoms with van der Waals surface area (Å²) in [5.41, 5.74) is 5.37. The molecule has 188 valence electrons. The maximum atomic E-state index is 12.9. The van der Waals surface area contributed by atoms with Crippen LogP contribution in [-0.4, -0.2) is 52.5 Å². The lowest BCUT2D eigenvalue weighted by atomic mass is 10.1. The van der Waals surface area contributed by atoms with Gasteiger partial charge in [0.15, 0.2) is 11.5 Å². The molecule has 1 aliphatic rings. The van der Waals surface area contributed by atoms with Crippen molar-refractivity contribution in [2.75, 3.05) is 13.3 Å². The van der Waals surface area contributed by atoms with Gasteiger partial charge in [-0.1, -0.05) is 24.3 Å². The minimum absolute atomic E-state index is 0.0810. The summed E-state index contributed by atoms with van der Waals surface area (Å²) >= 11 is 0. The molecular weight excluding hydrogens is 471 g/mol. The number of aryl methyl sites for hydroxylation is 2. The van der Waals surface area contributed by atoms with Crippen molar-refractivity contribution in [3.63, 3.8) is 0 Å².